The second kappa shape index (κ2) is 11.2. The first-order valence-corrected chi connectivity index (χ1v) is 12.4. The normalized spacial score (nSPS) is 11.4. The molecule has 0 unspecified atom stereocenters. The van der Waals surface area contributed by atoms with E-state index in [-0.39, 0.29) is 5.56 Å². The summed E-state index contributed by atoms with van der Waals surface area (Å²) < 4.78 is 8.12. The van der Waals surface area contributed by atoms with Crippen molar-refractivity contribution in [2.24, 2.45) is 5.10 Å². The Morgan fingerprint density at radius 2 is 1.94 bits per heavy atom. The van der Waals surface area contributed by atoms with Crippen LogP contribution >= 0.6 is 39.1 Å². The zero-order valence-corrected chi connectivity index (χ0v) is 21.6. The maximum atomic E-state index is 13.2. The van der Waals surface area contributed by atoms with Gasteiger partial charge >= 0.3 is 0 Å². The predicted molar refractivity (Wildman–Crippen MR) is 143 cm³/mol. The summed E-state index contributed by atoms with van der Waals surface area (Å²) in [6.45, 7) is 2.45. The Hall–Kier alpha value is -2.67. The van der Waals surface area contributed by atoms with Gasteiger partial charge in [-0.1, -0.05) is 70.7 Å². The average Bonchev–Trinajstić information content (AvgIpc) is 2.83. The molecule has 3 aromatic carbocycles. The van der Waals surface area contributed by atoms with Crippen molar-refractivity contribution in [3.8, 4) is 5.75 Å². The van der Waals surface area contributed by atoms with E-state index < -0.39 is 0 Å². The van der Waals surface area contributed by atoms with Gasteiger partial charge in [0.15, 0.2) is 0 Å². The molecule has 0 atom stereocenters. The third-order valence-corrected chi connectivity index (χ3v) is 6.43. The van der Waals surface area contributed by atoms with Gasteiger partial charge < -0.3 is 4.74 Å². The van der Waals surface area contributed by atoms with Crippen LogP contribution < -0.4 is 10.3 Å². The summed E-state index contributed by atoms with van der Waals surface area (Å²) >= 11 is 15.5. The molecular formula is C26H22BrCl2N3O2. The van der Waals surface area contributed by atoms with Crippen molar-refractivity contribution in [2.75, 3.05) is 0 Å². The third-order valence-electron chi connectivity index (χ3n) is 5.20. The molecule has 0 fully saturated rings. The molecule has 0 saturated carbocycles. The molecule has 8 heteroatoms. The van der Waals surface area contributed by atoms with E-state index in [1.807, 2.05) is 42.5 Å². The molecule has 0 aliphatic heterocycles. The van der Waals surface area contributed by atoms with Crippen LogP contribution in [-0.2, 0) is 13.0 Å². The molecule has 34 heavy (non-hydrogen) atoms. The van der Waals surface area contributed by atoms with Crippen LogP contribution in [0.1, 0.15) is 36.7 Å². The number of aromatic nitrogens is 2. The van der Waals surface area contributed by atoms with Crippen LogP contribution in [0.4, 0.5) is 0 Å². The molecule has 174 valence electrons. The highest BCUT2D eigenvalue weighted by molar-refractivity contribution is 9.10. The van der Waals surface area contributed by atoms with Crippen LogP contribution in [0.2, 0.25) is 10.0 Å². The van der Waals surface area contributed by atoms with Gasteiger partial charge in [-0.3, -0.25) is 4.79 Å². The molecule has 1 heterocycles. The molecule has 1 aromatic heterocycles. The molecule has 0 radical (unpaired) electrons. The minimum atomic E-state index is -0.194. The fourth-order valence-corrected chi connectivity index (χ4v) is 4.10. The number of hydrogen-bond acceptors (Lipinski definition) is 4. The zero-order chi connectivity index (χ0) is 24.1. The van der Waals surface area contributed by atoms with Crippen LogP contribution in [0, 0.1) is 0 Å². The Labute approximate surface area is 216 Å². The van der Waals surface area contributed by atoms with Crippen LogP contribution in [0.25, 0.3) is 10.9 Å². The standard InChI is InChI=1S/C26H22BrCl2N3O2/c1-2-3-7-25-31-24-11-9-19(27)14-21(24)26(33)32(25)30-15-17-5-4-6-20(12-17)34-16-18-8-10-22(28)23(29)13-18/h4-6,8-15H,2-3,7,16H2,1H3. The van der Waals surface area contributed by atoms with Gasteiger partial charge in [-0.2, -0.15) is 9.78 Å². The highest BCUT2D eigenvalue weighted by atomic mass is 79.9. The minimum absolute atomic E-state index is 0.194. The topological polar surface area (TPSA) is 56.5 Å². The molecule has 0 saturated heterocycles. The second-order valence-electron chi connectivity index (χ2n) is 7.76. The molecular weight excluding hydrogens is 537 g/mol. The predicted octanol–water partition coefficient (Wildman–Crippen LogP) is 7.27. The third kappa shape index (κ3) is 5.87. The molecule has 0 bridgehead atoms. The molecule has 5 nitrogen and oxygen atoms in total. The number of fused-ring (bicyclic) bond motifs is 1. The van der Waals surface area contributed by atoms with Crippen molar-refractivity contribution in [1.82, 2.24) is 9.66 Å². The molecule has 0 amide bonds. The summed E-state index contributed by atoms with van der Waals surface area (Å²) in [4.78, 5) is 17.9. The first-order chi connectivity index (χ1) is 16.4. The number of rotatable bonds is 8. The van der Waals surface area contributed by atoms with E-state index in [2.05, 4.69) is 28.0 Å². The van der Waals surface area contributed by atoms with E-state index in [1.54, 1.807) is 24.4 Å². The Kier molecular flexibility index (Phi) is 8.03. The van der Waals surface area contributed by atoms with Crippen molar-refractivity contribution in [3.05, 3.63) is 102 Å². The summed E-state index contributed by atoms with van der Waals surface area (Å²) in [6.07, 6.45) is 4.23. The summed E-state index contributed by atoms with van der Waals surface area (Å²) in [6, 6.07) is 18.4. The van der Waals surface area contributed by atoms with Gasteiger partial charge in [-0.25, -0.2) is 4.98 Å². The van der Waals surface area contributed by atoms with Crippen molar-refractivity contribution < 1.29 is 4.74 Å². The lowest BCUT2D eigenvalue weighted by atomic mass is 10.2. The fourth-order valence-electron chi connectivity index (χ4n) is 3.42. The van der Waals surface area contributed by atoms with E-state index in [1.165, 1.54) is 4.68 Å². The number of nitrogens with zero attached hydrogens (tertiary/aromatic N) is 3. The quantitative estimate of drug-likeness (QED) is 0.214. The van der Waals surface area contributed by atoms with E-state index in [9.17, 15) is 4.79 Å². The van der Waals surface area contributed by atoms with Gasteiger partial charge in [0.05, 0.1) is 27.2 Å². The van der Waals surface area contributed by atoms with Crippen LogP contribution in [0.3, 0.4) is 0 Å². The summed E-state index contributed by atoms with van der Waals surface area (Å²) in [5, 5.41) is 6.02. The Morgan fingerprint density at radius 3 is 2.74 bits per heavy atom. The molecule has 4 rings (SSSR count). The van der Waals surface area contributed by atoms with E-state index >= 15 is 0 Å². The van der Waals surface area contributed by atoms with Crippen molar-refractivity contribution in [1.29, 1.82) is 0 Å². The van der Waals surface area contributed by atoms with Gasteiger partial charge in [0.25, 0.3) is 5.56 Å². The lowest BCUT2D eigenvalue weighted by Gasteiger charge is -2.10. The summed E-state index contributed by atoms with van der Waals surface area (Å²) in [5.74, 6) is 1.32. The maximum absolute atomic E-state index is 13.2. The van der Waals surface area contributed by atoms with Gasteiger partial charge in [0.2, 0.25) is 0 Å². The molecule has 4 aromatic rings. The van der Waals surface area contributed by atoms with Crippen LogP contribution in [-0.4, -0.2) is 15.9 Å². The first-order valence-electron chi connectivity index (χ1n) is 10.9. The highest BCUT2D eigenvalue weighted by Gasteiger charge is 2.11. The number of aryl methyl sites for hydroxylation is 1. The van der Waals surface area contributed by atoms with E-state index in [0.29, 0.717) is 45.5 Å². The molecule has 0 aliphatic rings. The Bertz CT molecular complexity index is 1420. The van der Waals surface area contributed by atoms with E-state index in [4.69, 9.17) is 32.9 Å². The van der Waals surface area contributed by atoms with Crippen molar-refractivity contribution in [2.45, 2.75) is 32.8 Å². The zero-order valence-electron chi connectivity index (χ0n) is 18.5. The largest absolute Gasteiger partial charge is 0.489 e. The lowest BCUT2D eigenvalue weighted by molar-refractivity contribution is 0.306. The average molecular weight is 559 g/mol. The van der Waals surface area contributed by atoms with Gasteiger partial charge in [0.1, 0.15) is 18.2 Å². The molecule has 0 spiro atoms. The van der Waals surface area contributed by atoms with Crippen LogP contribution in [0.15, 0.2) is 75.0 Å². The minimum Gasteiger partial charge on any atom is -0.489 e. The molecule has 0 N–H and O–H groups in total. The Morgan fingerprint density at radius 1 is 1.09 bits per heavy atom. The number of ether oxygens (including phenoxy) is 1. The van der Waals surface area contributed by atoms with Crippen molar-refractivity contribution in [3.63, 3.8) is 0 Å². The number of hydrogen-bond donors (Lipinski definition) is 0. The van der Waals surface area contributed by atoms with E-state index in [0.717, 1.165) is 28.4 Å². The number of benzene rings is 3. The van der Waals surface area contributed by atoms with Gasteiger partial charge in [-0.15, -0.1) is 0 Å². The van der Waals surface area contributed by atoms with Gasteiger partial charge in [0, 0.05) is 10.9 Å². The lowest BCUT2D eigenvalue weighted by Crippen LogP contribution is -2.22. The van der Waals surface area contributed by atoms with Crippen molar-refractivity contribution >= 4 is 56.2 Å². The Balaban J connectivity index is 1.60. The smallest absolute Gasteiger partial charge is 0.282 e. The monoisotopic (exact) mass is 557 g/mol. The first kappa shape index (κ1) is 24.5. The molecule has 0 aliphatic carbocycles. The van der Waals surface area contributed by atoms with Crippen LogP contribution in [0.5, 0.6) is 5.75 Å². The number of halogens is 3. The maximum Gasteiger partial charge on any atom is 0.282 e. The fraction of sp³-hybridized carbons (Fsp3) is 0.192. The van der Waals surface area contributed by atoms with Gasteiger partial charge in [-0.05, 0) is 60.0 Å². The second-order valence-corrected chi connectivity index (χ2v) is 9.49. The number of unbranched alkanes of at least 4 members (excludes halogenated alkanes) is 1. The summed E-state index contributed by atoms with van der Waals surface area (Å²) in [5.41, 5.74) is 2.19. The SMILES string of the molecule is CCCCc1nc2ccc(Br)cc2c(=O)n1N=Cc1cccc(OCc2ccc(Cl)c(Cl)c2)c1. The summed E-state index contributed by atoms with van der Waals surface area (Å²) in [7, 11) is 0. The highest BCUT2D eigenvalue weighted by Crippen LogP contribution is 2.23.